The van der Waals surface area contributed by atoms with E-state index >= 15 is 0 Å². The van der Waals surface area contributed by atoms with E-state index in [-0.39, 0.29) is 11.6 Å². The van der Waals surface area contributed by atoms with Crippen molar-refractivity contribution < 1.29 is 9.53 Å². The van der Waals surface area contributed by atoms with Crippen molar-refractivity contribution in [1.29, 1.82) is 0 Å². The molecule has 0 aromatic heterocycles. The Balaban J connectivity index is 2.24. The molecule has 2 nitrogen and oxygen atoms in total. The van der Waals surface area contributed by atoms with E-state index in [1.807, 2.05) is 0 Å². The number of halogens is 1. The van der Waals surface area contributed by atoms with Gasteiger partial charge in [-0.3, -0.25) is 0 Å². The fourth-order valence-corrected chi connectivity index (χ4v) is 2.29. The van der Waals surface area contributed by atoms with Crippen molar-refractivity contribution in [2.75, 3.05) is 0 Å². The molecule has 0 bridgehead atoms. The Hall–Kier alpha value is -0.240. The standard InChI is InChI=1S/C8H11ClO2/c1-7(9)6(10)11-8(7)4-2-3-5-8/h2-5H2,1H3/t7-/m0/s1. The number of hydrogen-bond acceptors (Lipinski definition) is 2. The van der Waals surface area contributed by atoms with E-state index < -0.39 is 4.87 Å². The minimum Gasteiger partial charge on any atom is -0.455 e. The third kappa shape index (κ3) is 0.711. The van der Waals surface area contributed by atoms with E-state index in [9.17, 15) is 4.79 Å². The molecule has 1 aliphatic carbocycles. The Labute approximate surface area is 70.9 Å². The Morgan fingerprint density at radius 2 is 2.00 bits per heavy atom. The summed E-state index contributed by atoms with van der Waals surface area (Å²) >= 11 is 6.04. The lowest BCUT2D eigenvalue weighted by Crippen LogP contribution is -2.66. The van der Waals surface area contributed by atoms with Gasteiger partial charge in [-0.15, -0.1) is 11.6 Å². The van der Waals surface area contributed by atoms with Gasteiger partial charge in [-0.2, -0.15) is 0 Å². The molecule has 0 aromatic rings. The highest BCUT2D eigenvalue weighted by atomic mass is 35.5. The van der Waals surface area contributed by atoms with Crippen LogP contribution in [-0.4, -0.2) is 16.4 Å². The molecule has 2 rings (SSSR count). The van der Waals surface area contributed by atoms with E-state index in [1.54, 1.807) is 6.92 Å². The minimum absolute atomic E-state index is 0.249. The summed E-state index contributed by atoms with van der Waals surface area (Å²) in [7, 11) is 0. The average molecular weight is 175 g/mol. The molecule has 62 valence electrons. The van der Waals surface area contributed by atoms with Crippen molar-refractivity contribution in [3.8, 4) is 0 Å². The number of alkyl halides is 1. The first kappa shape index (κ1) is 7.41. The van der Waals surface area contributed by atoms with Crippen molar-refractivity contribution in [3.63, 3.8) is 0 Å². The Bertz CT molecular complexity index is 204. The highest BCUT2D eigenvalue weighted by Crippen LogP contribution is 2.52. The van der Waals surface area contributed by atoms with Gasteiger partial charge >= 0.3 is 5.97 Å². The largest absolute Gasteiger partial charge is 0.455 e. The monoisotopic (exact) mass is 174 g/mol. The molecule has 2 aliphatic rings. The fraction of sp³-hybridized carbons (Fsp3) is 0.875. The van der Waals surface area contributed by atoms with Gasteiger partial charge in [-0.05, 0) is 32.6 Å². The molecular weight excluding hydrogens is 164 g/mol. The van der Waals surface area contributed by atoms with Gasteiger partial charge in [-0.25, -0.2) is 4.79 Å². The summed E-state index contributed by atoms with van der Waals surface area (Å²) in [6, 6.07) is 0. The van der Waals surface area contributed by atoms with Gasteiger partial charge in [0.15, 0.2) is 4.87 Å². The zero-order valence-corrected chi connectivity index (χ0v) is 7.28. The van der Waals surface area contributed by atoms with Crippen LogP contribution in [0.5, 0.6) is 0 Å². The zero-order chi connectivity index (χ0) is 8.11. The molecule has 1 spiro atoms. The van der Waals surface area contributed by atoms with Crippen LogP contribution in [0.25, 0.3) is 0 Å². The van der Waals surface area contributed by atoms with Crippen molar-refractivity contribution in [2.24, 2.45) is 0 Å². The van der Waals surface area contributed by atoms with Crippen LogP contribution >= 0.6 is 11.6 Å². The molecule has 2 fully saturated rings. The van der Waals surface area contributed by atoms with Gasteiger partial charge in [0.05, 0.1) is 0 Å². The van der Waals surface area contributed by atoms with Crippen LogP contribution in [0.1, 0.15) is 32.6 Å². The smallest absolute Gasteiger partial charge is 0.331 e. The van der Waals surface area contributed by atoms with Crippen molar-refractivity contribution in [3.05, 3.63) is 0 Å². The molecule has 0 amide bonds. The molecule has 0 unspecified atom stereocenters. The van der Waals surface area contributed by atoms with Crippen molar-refractivity contribution >= 4 is 17.6 Å². The summed E-state index contributed by atoms with van der Waals surface area (Å²) in [6.45, 7) is 1.77. The van der Waals surface area contributed by atoms with Crippen LogP contribution in [0, 0.1) is 0 Å². The lowest BCUT2D eigenvalue weighted by molar-refractivity contribution is -0.202. The predicted octanol–water partition coefficient (Wildman–Crippen LogP) is 1.85. The maximum absolute atomic E-state index is 11.0. The lowest BCUT2D eigenvalue weighted by atomic mass is 9.81. The molecule has 0 radical (unpaired) electrons. The molecule has 11 heavy (non-hydrogen) atoms. The normalized spacial score (nSPS) is 40.4. The third-order valence-corrected chi connectivity index (χ3v) is 3.44. The molecule has 1 saturated carbocycles. The SMILES string of the molecule is C[C@]1(Cl)C(=O)OC12CCCC2. The van der Waals surface area contributed by atoms with Crippen molar-refractivity contribution in [2.45, 2.75) is 43.1 Å². The van der Waals surface area contributed by atoms with Gasteiger partial charge in [0.2, 0.25) is 0 Å². The number of rotatable bonds is 0. The van der Waals surface area contributed by atoms with E-state index in [4.69, 9.17) is 16.3 Å². The molecule has 3 heteroatoms. The molecule has 0 aromatic carbocycles. The van der Waals surface area contributed by atoms with Gasteiger partial charge in [0.25, 0.3) is 0 Å². The summed E-state index contributed by atoms with van der Waals surface area (Å²) in [5.41, 5.74) is -0.300. The average Bonchev–Trinajstić information content (AvgIpc) is 2.39. The molecular formula is C8H11ClO2. The lowest BCUT2D eigenvalue weighted by Gasteiger charge is -2.49. The van der Waals surface area contributed by atoms with Gasteiger partial charge < -0.3 is 4.74 Å². The molecule has 1 atom stereocenters. The first-order chi connectivity index (χ1) is 5.08. The summed E-state index contributed by atoms with van der Waals surface area (Å²) in [4.78, 5) is 10.2. The second kappa shape index (κ2) is 1.92. The second-order valence-corrected chi connectivity index (χ2v) is 4.35. The third-order valence-electron chi connectivity index (χ3n) is 2.94. The van der Waals surface area contributed by atoms with E-state index in [1.165, 1.54) is 0 Å². The fourth-order valence-electron chi connectivity index (χ4n) is 2.03. The first-order valence-electron chi connectivity index (χ1n) is 4.01. The first-order valence-corrected chi connectivity index (χ1v) is 4.39. The Morgan fingerprint density at radius 1 is 1.45 bits per heavy atom. The van der Waals surface area contributed by atoms with Crippen LogP contribution < -0.4 is 0 Å². The molecule has 1 saturated heterocycles. The van der Waals surface area contributed by atoms with Gasteiger partial charge in [0, 0.05) is 0 Å². The number of ether oxygens (including phenoxy) is 1. The highest BCUT2D eigenvalue weighted by molar-refractivity contribution is 6.36. The van der Waals surface area contributed by atoms with Crippen LogP contribution in [0.3, 0.4) is 0 Å². The number of hydrogen-bond donors (Lipinski definition) is 0. The van der Waals surface area contributed by atoms with E-state index in [0.29, 0.717) is 0 Å². The zero-order valence-electron chi connectivity index (χ0n) is 6.52. The van der Waals surface area contributed by atoms with Gasteiger partial charge in [-0.1, -0.05) is 0 Å². The quantitative estimate of drug-likeness (QED) is 0.414. The van der Waals surface area contributed by atoms with Crippen LogP contribution in [0.15, 0.2) is 0 Å². The maximum atomic E-state index is 11.0. The van der Waals surface area contributed by atoms with E-state index in [2.05, 4.69) is 0 Å². The number of esters is 1. The van der Waals surface area contributed by atoms with Crippen molar-refractivity contribution in [1.82, 2.24) is 0 Å². The predicted molar refractivity (Wildman–Crippen MR) is 41.5 cm³/mol. The van der Waals surface area contributed by atoms with E-state index in [0.717, 1.165) is 25.7 Å². The molecule has 1 heterocycles. The topological polar surface area (TPSA) is 26.3 Å². The maximum Gasteiger partial charge on any atom is 0.331 e. The molecule has 1 aliphatic heterocycles. The van der Waals surface area contributed by atoms with Gasteiger partial charge in [0.1, 0.15) is 5.60 Å². The van der Waals surface area contributed by atoms with Crippen LogP contribution in [0.2, 0.25) is 0 Å². The summed E-state index contributed by atoms with van der Waals surface area (Å²) in [5, 5.41) is 0. The summed E-state index contributed by atoms with van der Waals surface area (Å²) in [5.74, 6) is -0.249. The molecule has 0 N–H and O–H groups in total. The highest BCUT2D eigenvalue weighted by Gasteiger charge is 2.66. The minimum atomic E-state index is -0.733. The van der Waals surface area contributed by atoms with Crippen LogP contribution in [-0.2, 0) is 9.53 Å². The number of carbonyl (C=O) groups excluding carboxylic acids is 1. The van der Waals surface area contributed by atoms with Crippen LogP contribution in [0.4, 0.5) is 0 Å². The Morgan fingerprint density at radius 3 is 2.36 bits per heavy atom. The second-order valence-electron chi connectivity index (χ2n) is 3.59. The Kier molecular flexibility index (Phi) is 1.29. The summed E-state index contributed by atoms with van der Waals surface area (Å²) < 4.78 is 5.13. The summed E-state index contributed by atoms with van der Waals surface area (Å²) in [6.07, 6.45) is 4.16. The number of carbonyl (C=O) groups is 1.